The van der Waals surface area contributed by atoms with E-state index >= 15 is 0 Å². The molecule has 0 bridgehead atoms. The molecule has 20 heavy (non-hydrogen) atoms. The SMILES string of the molecule is CCNC(C)(CCOc1cccc([N+](=O)[O-])c1)C(N)=O. The average molecular weight is 281 g/mol. The van der Waals surface area contributed by atoms with Crippen LogP contribution in [0.5, 0.6) is 5.75 Å². The molecule has 1 aromatic carbocycles. The molecule has 0 aliphatic heterocycles. The van der Waals surface area contributed by atoms with Crippen molar-refractivity contribution in [2.24, 2.45) is 5.73 Å². The predicted molar refractivity (Wildman–Crippen MR) is 74.5 cm³/mol. The summed E-state index contributed by atoms with van der Waals surface area (Å²) < 4.78 is 5.44. The molecule has 110 valence electrons. The van der Waals surface area contributed by atoms with Gasteiger partial charge in [0.05, 0.1) is 23.1 Å². The van der Waals surface area contributed by atoms with Crippen molar-refractivity contribution in [3.63, 3.8) is 0 Å². The number of hydrogen-bond donors (Lipinski definition) is 2. The smallest absolute Gasteiger partial charge is 0.273 e. The Morgan fingerprint density at radius 2 is 2.25 bits per heavy atom. The summed E-state index contributed by atoms with van der Waals surface area (Å²) in [6.45, 7) is 4.42. The molecule has 7 heteroatoms. The van der Waals surface area contributed by atoms with E-state index in [0.29, 0.717) is 18.7 Å². The second kappa shape index (κ2) is 6.85. The number of primary amides is 1. The minimum atomic E-state index is -0.852. The molecule has 3 N–H and O–H groups in total. The van der Waals surface area contributed by atoms with Crippen LogP contribution in [0.25, 0.3) is 0 Å². The molecular weight excluding hydrogens is 262 g/mol. The molecule has 0 saturated heterocycles. The highest BCUT2D eigenvalue weighted by molar-refractivity contribution is 5.84. The summed E-state index contributed by atoms with van der Waals surface area (Å²) in [6, 6.07) is 5.90. The number of non-ortho nitro benzene ring substituents is 1. The molecule has 0 aliphatic rings. The van der Waals surface area contributed by atoms with Crippen LogP contribution in [0.2, 0.25) is 0 Å². The number of benzene rings is 1. The van der Waals surface area contributed by atoms with E-state index in [-0.39, 0.29) is 12.3 Å². The average Bonchev–Trinajstić information content (AvgIpc) is 2.39. The molecule has 1 rings (SSSR count). The third-order valence-corrected chi connectivity index (χ3v) is 3.01. The topological polar surface area (TPSA) is 107 Å². The molecule has 1 atom stereocenters. The van der Waals surface area contributed by atoms with Gasteiger partial charge < -0.3 is 15.8 Å². The van der Waals surface area contributed by atoms with Gasteiger partial charge in [-0.05, 0) is 19.5 Å². The highest BCUT2D eigenvalue weighted by atomic mass is 16.6. The van der Waals surface area contributed by atoms with E-state index in [1.54, 1.807) is 19.1 Å². The number of ether oxygens (including phenoxy) is 1. The molecule has 1 unspecified atom stereocenters. The summed E-state index contributed by atoms with van der Waals surface area (Å²) in [6.07, 6.45) is 0.374. The maximum absolute atomic E-state index is 11.4. The minimum Gasteiger partial charge on any atom is -0.493 e. The van der Waals surface area contributed by atoms with Crippen LogP contribution in [0.3, 0.4) is 0 Å². The van der Waals surface area contributed by atoms with Crippen LogP contribution in [0.15, 0.2) is 24.3 Å². The third kappa shape index (κ3) is 4.20. The van der Waals surface area contributed by atoms with Crippen LogP contribution in [-0.2, 0) is 4.79 Å². The molecule has 1 amide bonds. The maximum atomic E-state index is 11.4. The maximum Gasteiger partial charge on any atom is 0.273 e. The third-order valence-electron chi connectivity index (χ3n) is 3.01. The number of nitro benzene ring substituents is 1. The largest absolute Gasteiger partial charge is 0.493 e. The number of nitro groups is 1. The summed E-state index contributed by atoms with van der Waals surface area (Å²) in [5.41, 5.74) is 4.47. The van der Waals surface area contributed by atoms with Crippen molar-refractivity contribution < 1.29 is 14.5 Å². The van der Waals surface area contributed by atoms with E-state index in [1.165, 1.54) is 12.1 Å². The van der Waals surface area contributed by atoms with Gasteiger partial charge in [0.25, 0.3) is 5.69 Å². The van der Waals surface area contributed by atoms with Crippen molar-refractivity contribution in [1.82, 2.24) is 5.32 Å². The zero-order valence-corrected chi connectivity index (χ0v) is 11.6. The van der Waals surface area contributed by atoms with Gasteiger partial charge in [-0.1, -0.05) is 13.0 Å². The first kappa shape index (κ1) is 15.9. The highest BCUT2D eigenvalue weighted by Crippen LogP contribution is 2.20. The summed E-state index contributed by atoms with van der Waals surface area (Å²) in [5.74, 6) is -0.0653. The van der Waals surface area contributed by atoms with Crippen molar-refractivity contribution in [2.45, 2.75) is 25.8 Å². The fraction of sp³-hybridized carbons (Fsp3) is 0.462. The van der Waals surface area contributed by atoms with Gasteiger partial charge in [-0.2, -0.15) is 0 Å². The Labute approximate surface area is 117 Å². The van der Waals surface area contributed by atoms with Crippen LogP contribution < -0.4 is 15.8 Å². The van der Waals surface area contributed by atoms with Crippen LogP contribution in [0.1, 0.15) is 20.3 Å². The Balaban J connectivity index is 2.61. The Morgan fingerprint density at radius 1 is 1.55 bits per heavy atom. The zero-order valence-electron chi connectivity index (χ0n) is 11.6. The van der Waals surface area contributed by atoms with Crippen molar-refractivity contribution in [3.8, 4) is 5.75 Å². The lowest BCUT2D eigenvalue weighted by Crippen LogP contribution is -2.53. The number of rotatable bonds is 8. The normalized spacial score (nSPS) is 13.5. The van der Waals surface area contributed by atoms with Crippen molar-refractivity contribution >= 4 is 11.6 Å². The fourth-order valence-electron chi connectivity index (χ4n) is 1.75. The summed E-state index contributed by atoms with van der Waals surface area (Å²) in [7, 11) is 0. The van der Waals surface area contributed by atoms with Gasteiger partial charge in [-0.3, -0.25) is 14.9 Å². The van der Waals surface area contributed by atoms with E-state index in [0.717, 1.165) is 0 Å². The Bertz CT molecular complexity index is 492. The Hall–Kier alpha value is -2.15. The number of nitrogens with zero attached hydrogens (tertiary/aromatic N) is 1. The van der Waals surface area contributed by atoms with Crippen molar-refractivity contribution in [2.75, 3.05) is 13.2 Å². The molecule has 0 radical (unpaired) electrons. The van der Waals surface area contributed by atoms with Gasteiger partial charge in [0, 0.05) is 12.5 Å². The first-order valence-corrected chi connectivity index (χ1v) is 6.31. The van der Waals surface area contributed by atoms with Gasteiger partial charge in [-0.25, -0.2) is 0 Å². The fourth-order valence-corrected chi connectivity index (χ4v) is 1.75. The Morgan fingerprint density at radius 3 is 2.80 bits per heavy atom. The molecule has 0 heterocycles. The molecule has 7 nitrogen and oxygen atoms in total. The lowest BCUT2D eigenvalue weighted by Gasteiger charge is -2.26. The first-order chi connectivity index (χ1) is 9.39. The predicted octanol–water partition coefficient (Wildman–Crippen LogP) is 1.22. The number of carbonyl (C=O) groups is 1. The van der Waals surface area contributed by atoms with Gasteiger partial charge >= 0.3 is 0 Å². The quantitative estimate of drug-likeness (QED) is 0.550. The van der Waals surface area contributed by atoms with Crippen LogP contribution in [0.4, 0.5) is 5.69 Å². The van der Waals surface area contributed by atoms with Crippen LogP contribution in [0, 0.1) is 10.1 Å². The number of carbonyl (C=O) groups excluding carboxylic acids is 1. The van der Waals surface area contributed by atoms with Crippen molar-refractivity contribution in [1.29, 1.82) is 0 Å². The second-order valence-electron chi connectivity index (χ2n) is 4.58. The molecule has 1 aromatic rings. The Kier molecular flexibility index (Phi) is 5.45. The second-order valence-corrected chi connectivity index (χ2v) is 4.58. The summed E-state index contributed by atoms with van der Waals surface area (Å²) in [4.78, 5) is 21.6. The van der Waals surface area contributed by atoms with Crippen LogP contribution >= 0.6 is 0 Å². The molecule has 0 aliphatic carbocycles. The molecular formula is C13H19N3O4. The molecule has 0 fully saturated rings. The molecule has 0 saturated carbocycles. The lowest BCUT2D eigenvalue weighted by molar-refractivity contribution is -0.384. The van der Waals surface area contributed by atoms with E-state index < -0.39 is 16.4 Å². The minimum absolute atomic E-state index is 0.0353. The highest BCUT2D eigenvalue weighted by Gasteiger charge is 2.29. The summed E-state index contributed by atoms with van der Waals surface area (Å²) >= 11 is 0. The van der Waals surface area contributed by atoms with Gasteiger partial charge in [0.2, 0.25) is 5.91 Å². The standard InChI is InChI=1S/C13H19N3O4/c1-3-15-13(2,12(14)17)7-8-20-11-6-4-5-10(9-11)16(18)19/h4-6,9,15H,3,7-8H2,1-2H3,(H2,14,17). The first-order valence-electron chi connectivity index (χ1n) is 6.31. The number of hydrogen-bond acceptors (Lipinski definition) is 5. The van der Waals surface area contributed by atoms with Crippen LogP contribution in [-0.4, -0.2) is 29.5 Å². The number of nitrogens with one attached hydrogen (secondary N) is 1. The van der Waals surface area contributed by atoms with E-state index in [1.807, 2.05) is 6.92 Å². The molecule has 0 aromatic heterocycles. The number of likely N-dealkylation sites (N-methyl/N-ethyl adjacent to an activating group) is 1. The zero-order chi connectivity index (χ0) is 15.2. The van der Waals surface area contributed by atoms with E-state index in [2.05, 4.69) is 5.32 Å². The van der Waals surface area contributed by atoms with Gasteiger partial charge in [0.15, 0.2) is 0 Å². The van der Waals surface area contributed by atoms with E-state index in [9.17, 15) is 14.9 Å². The monoisotopic (exact) mass is 281 g/mol. The van der Waals surface area contributed by atoms with Crippen molar-refractivity contribution in [3.05, 3.63) is 34.4 Å². The van der Waals surface area contributed by atoms with Gasteiger partial charge in [0.1, 0.15) is 5.75 Å². The van der Waals surface area contributed by atoms with Gasteiger partial charge in [-0.15, -0.1) is 0 Å². The molecule has 0 spiro atoms. The number of amides is 1. The number of nitrogens with two attached hydrogens (primary N) is 1. The summed E-state index contributed by atoms with van der Waals surface area (Å²) in [5, 5.41) is 13.7. The lowest BCUT2D eigenvalue weighted by atomic mass is 9.97. The van der Waals surface area contributed by atoms with E-state index in [4.69, 9.17) is 10.5 Å².